The Morgan fingerprint density at radius 3 is 2.00 bits per heavy atom. The van der Waals surface area contributed by atoms with Crippen LogP contribution in [0.15, 0.2) is 78.9 Å². The predicted octanol–water partition coefficient (Wildman–Crippen LogP) is 4.82. The number of benzene rings is 3. The SMILES string of the molecule is Cc1ccc([C@H](C)NC(=O)[C@H](C)N(c2ccc(Oc3ccccc3)cc2)S(C)(=O)=O)cc1. The Balaban J connectivity index is 1.76. The van der Waals surface area contributed by atoms with Crippen LogP contribution in [-0.4, -0.2) is 26.6 Å². The average Bonchev–Trinajstić information content (AvgIpc) is 2.75. The number of para-hydroxylation sites is 1. The van der Waals surface area contributed by atoms with Gasteiger partial charge in [-0.15, -0.1) is 0 Å². The van der Waals surface area contributed by atoms with Gasteiger partial charge in [0.25, 0.3) is 0 Å². The summed E-state index contributed by atoms with van der Waals surface area (Å²) in [6, 6.07) is 22.6. The van der Waals surface area contributed by atoms with Gasteiger partial charge < -0.3 is 10.1 Å². The molecule has 2 atom stereocenters. The monoisotopic (exact) mass is 452 g/mol. The van der Waals surface area contributed by atoms with Crippen LogP contribution in [0.1, 0.15) is 31.0 Å². The lowest BCUT2D eigenvalue weighted by atomic mass is 10.1. The molecule has 3 aromatic carbocycles. The molecular formula is C25H28N2O4S. The minimum atomic E-state index is -3.71. The van der Waals surface area contributed by atoms with Crippen molar-refractivity contribution in [2.75, 3.05) is 10.6 Å². The van der Waals surface area contributed by atoms with Crippen molar-refractivity contribution in [1.82, 2.24) is 5.32 Å². The van der Waals surface area contributed by atoms with Crippen LogP contribution < -0.4 is 14.4 Å². The van der Waals surface area contributed by atoms with E-state index in [1.54, 1.807) is 31.2 Å². The molecule has 0 spiro atoms. The second-order valence-corrected chi connectivity index (χ2v) is 9.64. The molecule has 0 fully saturated rings. The number of carbonyl (C=O) groups is 1. The molecule has 3 rings (SSSR count). The molecule has 0 radical (unpaired) electrons. The zero-order chi connectivity index (χ0) is 23.3. The summed E-state index contributed by atoms with van der Waals surface area (Å²) >= 11 is 0. The molecule has 0 heterocycles. The van der Waals surface area contributed by atoms with E-state index in [0.29, 0.717) is 17.2 Å². The molecule has 0 aliphatic carbocycles. The Hall–Kier alpha value is -3.32. The Kier molecular flexibility index (Phi) is 7.20. The number of ether oxygens (including phenoxy) is 1. The van der Waals surface area contributed by atoms with Crippen molar-refractivity contribution in [2.24, 2.45) is 0 Å². The highest BCUT2D eigenvalue weighted by Gasteiger charge is 2.30. The third kappa shape index (κ3) is 5.88. The van der Waals surface area contributed by atoms with Crippen LogP contribution in [0.25, 0.3) is 0 Å². The largest absolute Gasteiger partial charge is 0.457 e. The van der Waals surface area contributed by atoms with Gasteiger partial charge in [0.1, 0.15) is 17.5 Å². The first-order valence-corrected chi connectivity index (χ1v) is 12.2. The Labute approximate surface area is 189 Å². The van der Waals surface area contributed by atoms with Gasteiger partial charge in [0.15, 0.2) is 0 Å². The number of sulfonamides is 1. The number of aryl methyl sites for hydroxylation is 1. The van der Waals surface area contributed by atoms with E-state index < -0.39 is 16.1 Å². The molecule has 0 aliphatic heterocycles. The topological polar surface area (TPSA) is 75.7 Å². The van der Waals surface area contributed by atoms with Crippen molar-refractivity contribution >= 4 is 21.6 Å². The van der Waals surface area contributed by atoms with Crippen LogP contribution in [0.2, 0.25) is 0 Å². The lowest BCUT2D eigenvalue weighted by Crippen LogP contribution is -2.48. The standard InChI is InChI=1S/C25H28N2O4S/c1-18-10-12-21(13-11-18)19(2)26-25(28)20(3)27(32(4,29)30)22-14-16-24(17-15-22)31-23-8-6-5-7-9-23/h5-17,19-20H,1-4H3,(H,26,28)/t19-,20-/m0/s1. The predicted molar refractivity (Wildman–Crippen MR) is 127 cm³/mol. The van der Waals surface area contributed by atoms with Gasteiger partial charge in [-0.05, 0) is 62.7 Å². The van der Waals surface area contributed by atoms with Crippen LogP contribution in [0.5, 0.6) is 11.5 Å². The van der Waals surface area contributed by atoms with Crippen LogP contribution in [0, 0.1) is 6.92 Å². The second kappa shape index (κ2) is 9.87. The molecule has 1 N–H and O–H groups in total. The number of hydrogen-bond acceptors (Lipinski definition) is 4. The van der Waals surface area contributed by atoms with Gasteiger partial charge in [-0.1, -0.05) is 48.0 Å². The minimum absolute atomic E-state index is 0.256. The zero-order valence-electron chi connectivity index (χ0n) is 18.6. The van der Waals surface area contributed by atoms with Gasteiger partial charge in [0.2, 0.25) is 15.9 Å². The maximum Gasteiger partial charge on any atom is 0.244 e. The van der Waals surface area contributed by atoms with Gasteiger partial charge in [0.05, 0.1) is 18.0 Å². The molecule has 32 heavy (non-hydrogen) atoms. The van der Waals surface area contributed by atoms with E-state index in [1.165, 1.54) is 0 Å². The van der Waals surface area contributed by atoms with E-state index in [-0.39, 0.29) is 11.9 Å². The van der Waals surface area contributed by atoms with E-state index in [2.05, 4.69) is 5.32 Å². The molecule has 0 bridgehead atoms. The summed E-state index contributed by atoms with van der Waals surface area (Å²) in [5.41, 5.74) is 2.46. The van der Waals surface area contributed by atoms with Gasteiger partial charge in [-0.3, -0.25) is 9.10 Å². The first-order chi connectivity index (χ1) is 15.1. The first-order valence-electron chi connectivity index (χ1n) is 10.3. The maximum absolute atomic E-state index is 12.9. The molecule has 0 saturated heterocycles. The summed E-state index contributed by atoms with van der Waals surface area (Å²) < 4.78 is 32.0. The number of anilines is 1. The summed E-state index contributed by atoms with van der Waals surface area (Å²) in [5.74, 6) is 0.865. The average molecular weight is 453 g/mol. The maximum atomic E-state index is 12.9. The number of nitrogens with one attached hydrogen (secondary N) is 1. The molecule has 0 aliphatic rings. The number of nitrogens with zero attached hydrogens (tertiary/aromatic N) is 1. The highest BCUT2D eigenvalue weighted by molar-refractivity contribution is 7.92. The minimum Gasteiger partial charge on any atom is -0.457 e. The Bertz CT molecular complexity index is 1140. The summed E-state index contributed by atoms with van der Waals surface area (Å²) in [6.45, 7) is 5.44. The van der Waals surface area contributed by atoms with E-state index in [9.17, 15) is 13.2 Å². The van der Waals surface area contributed by atoms with Crippen molar-refractivity contribution in [2.45, 2.75) is 32.9 Å². The van der Waals surface area contributed by atoms with E-state index in [1.807, 2.05) is 68.4 Å². The van der Waals surface area contributed by atoms with Crippen molar-refractivity contribution < 1.29 is 17.9 Å². The van der Waals surface area contributed by atoms with Gasteiger partial charge in [-0.25, -0.2) is 8.42 Å². The number of hydrogen-bond donors (Lipinski definition) is 1. The van der Waals surface area contributed by atoms with Gasteiger partial charge in [-0.2, -0.15) is 0 Å². The number of rotatable bonds is 8. The Morgan fingerprint density at radius 1 is 0.875 bits per heavy atom. The van der Waals surface area contributed by atoms with Crippen molar-refractivity contribution in [1.29, 1.82) is 0 Å². The van der Waals surface area contributed by atoms with Gasteiger partial charge in [0, 0.05) is 0 Å². The van der Waals surface area contributed by atoms with E-state index >= 15 is 0 Å². The van der Waals surface area contributed by atoms with Crippen molar-refractivity contribution in [3.63, 3.8) is 0 Å². The van der Waals surface area contributed by atoms with Gasteiger partial charge >= 0.3 is 0 Å². The second-order valence-electron chi connectivity index (χ2n) is 7.78. The first kappa shape index (κ1) is 23.3. The Morgan fingerprint density at radius 2 is 1.44 bits per heavy atom. The van der Waals surface area contributed by atoms with Crippen LogP contribution in [0.4, 0.5) is 5.69 Å². The van der Waals surface area contributed by atoms with Crippen LogP contribution >= 0.6 is 0 Å². The third-order valence-electron chi connectivity index (χ3n) is 5.09. The summed E-state index contributed by atoms with van der Waals surface area (Å²) in [6.07, 6.45) is 1.09. The smallest absolute Gasteiger partial charge is 0.244 e. The highest BCUT2D eigenvalue weighted by Crippen LogP contribution is 2.27. The molecular weight excluding hydrogens is 424 g/mol. The van der Waals surface area contributed by atoms with Crippen molar-refractivity contribution in [3.8, 4) is 11.5 Å². The summed E-state index contributed by atoms with van der Waals surface area (Å²) in [5, 5.41) is 2.91. The molecule has 0 saturated carbocycles. The van der Waals surface area contributed by atoms with E-state index in [4.69, 9.17) is 4.74 Å². The fourth-order valence-corrected chi connectivity index (χ4v) is 4.54. The van der Waals surface area contributed by atoms with E-state index in [0.717, 1.165) is 21.7 Å². The normalized spacial score (nSPS) is 13.1. The summed E-state index contributed by atoms with van der Waals surface area (Å²) in [4.78, 5) is 12.9. The fourth-order valence-electron chi connectivity index (χ4n) is 3.37. The number of carbonyl (C=O) groups excluding carboxylic acids is 1. The molecule has 0 unspecified atom stereocenters. The summed E-state index contributed by atoms with van der Waals surface area (Å²) in [7, 11) is -3.71. The molecule has 7 heteroatoms. The molecule has 0 aromatic heterocycles. The molecule has 1 amide bonds. The van der Waals surface area contributed by atoms with Crippen LogP contribution in [-0.2, 0) is 14.8 Å². The lowest BCUT2D eigenvalue weighted by molar-refractivity contribution is -0.122. The fraction of sp³-hybridized carbons (Fsp3) is 0.240. The third-order valence-corrected chi connectivity index (χ3v) is 6.34. The lowest BCUT2D eigenvalue weighted by Gasteiger charge is -2.29. The highest BCUT2D eigenvalue weighted by atomic mass is 32.2. The van der Waals surface area contributed by atoms with Crippen LogP contribution in [0.3, 0.4) is 0 Å². The zero-order valence-corrected chi connectivity index (χ0v) is 19.5. The van der Waals surface area contributed by atoms with Crippen molar-refractivity contribution in [3.05, 3.63) is 90.0 Å². The number of amides is 1. The molecule has 3 aromatic rings. The molecule has 168 valence electrons. The quantitative estimate of drug-likeness (QED) is 0.532. The molecule has 6 nitrogen and oxygen atoms in total.